The quantitative estimate of drug-likeness (QED) is 0.805. The average molecular weight is 267 g/mol. The summed E-state index contributed by atoms with van der Waals surface area (Å²) in [5.41, 5.74) is 8.54. The second-order valence-electron chi connectivity index (χ2n) is 4.29. The van der Waals surface area contributed by atoms with Gasteiger partial charge in [0.2, 0.25) is 0 Å². The molecule has 0 heterocycles. The maximum atomic E-state index is 11.2. The molecule has 0 aliphatic carbocycles. The number of rotatable bonds is 6. The highest BCUT2D eigenvalue weighted by Crippen LogP contribution is 2.32. The van der Waals surface area contributed by atoms with E-state index >= 15 is 0 Å². The van der Waals surface area contributed by atoms with Crippen molar-refractivity contribution in [2.45, 2.75) is 31.6 Å². The molecule has 0 aliphatic rings. The number of carbonyl (C=O) groups excluding carboxylic acids is 1. The van der Waals surface area contributed by atoms with Crippen LogP contribution in [0.3, 0.4) is 0 Å². The summed E-state index contributed by atoms with van der Waals surface area (Å²) in [6.07, 6.45) is 0.882. The molecule has 4 heteroatoms. The van der Waals surface area contributed by atoms with Gasteiger partial charge in [-0.25, -0.2) is 0 Å². The van der Waals surface area contributed by atoms with Crippen LogP contribution in [0.1, 0.15) is 29.7 Å². The molecule has 0 aliphatic heterocycles. The topological polar surface area (TPSA) is 52.3 Å². The second kappa shape index (κ2) is 7.44. The van der Waals surface area contributed by atoms with Gasteiger partial charge in [-0.3, -0.25) is 4.79 Å². The number of methoxy groups -OCH3 is 1. The second-order valence-corrected chi connectivity index (χ2v) is 5.42. The Hall–Kier alpha value is -1.00. The number of ether oxygens (including phenoxy) is 1. The summed E-state index contributed by atoms with van der Waals surface area (Å²) in [6.45, 7) is 4.12. The van der Waals surface area contributed by atoms with Crippen LogP contribution in [0.25, 0.3) is 0 Å². The monoisotopic (exact) mass is 267 g/mol. The van der Waals surface area contributed by atoms with Crippen LogP contribution in [0, 0.1) is 6.92 Å². The van der Waals surface area contributed by atoms with Crippen LogP contribution in [-0.4, -0.2) is 24.9 Å². The zero-order valence-electron chi connectivity index (χ0n) is 11.2. The molecule has 0 radical (unpaired) electrons. The summed E-state index contributed by atoms with van der Waals surface area (Å²) in [6, 6.07) is 8.32. The van der Waals surface area contributed by atoms with E-state index in [0.29, 0.717) is 5.75 Å². The van der Waals surface area contributed by atoms with Gasteiger partial charge in [0, 0.05) is 11.3 Å². The molecule has 1 aromatic carbocycles. The molecule has 0 saturated heterocycles. The van der Waals surface area contributed by atoms with Crippen molar-refractivity contribution >= 4 is 17.7 Å². The van der Waals surface area contributed by atoms with Gasteiger partial charge >= 0.3 is 5.97 Å². The fourth-order valence-corrected chi connectivity index (χ4v) is 2.96. The van der Waals surface area contributed by atoms with E-state index in [2.05, 4.69) is 36.8 Å². The lowest BCUT2D eigenvalue weighted by Crippen LogP contribution is -2.26. The Morgan fingerprint density at radius 1 is 1.50 bits per heavy atom. The first kappa shape index (κ1) is 15.1. The molecule has 0 spiro atoms. The lowest BCUT2D eigenvalue weighted by Gasteiger charge is -2.22. The Kier molecular flexibility index (Phi) is 6.22. The van der Waals surface area contributed by atoms with Crippen molar-refractivity contribution < 1.29 is 9.53 Å². The lowest BCUT2D eigenvalue weighted by atomic mass is 10.0. The molecule has 0 amide bonds. The number of thioether (sulfide) groups is 1. The molecule has 1 rings (SSSR count). The van der Waals surface area contributed by atoms with Crippen LogP contribution in [0.15, 0.2) is 24.3 Å². The molecule has 0 fully saturated rings. The van der Waals surface area contributed by atoms with E-state index in [-0.39, 0.29) is 17.3 Å². The zero-order valence-corrected chi connectivity index (χ0v) is 12.0. The highest BCUT2D eigenvalue weighted by Gasteiger charge is 2.20. The number of esters is 1. The first-order valence-corrected chi connectivity index (χ1v) is 7.14. The summed E-state index contributed by atoms with van der Waals surface area (Å²) in [5, 5.41) is 0.133. The molecule has 2 N–H and O–H groups in total. The third-order valence-corrected chi connectivity index (χ3v) is 4.22. The van der Waals surface area contributed by atoms with E-state index in [1.54, 1.807) is 11.8 Å². The number of carbonyl (C=O) groups is 1. The van der Waals surface area contributed by atoms with E-state index in [1.165, 1.54) is 18.2 Å². The van der Waals surface area contributed by atoms with Crippen LogP contribution >= 0.6 is 11.8 Å². The normalized spacial score (nSPS) is 14.0. The van der Waals surface area contributed by atoms with Gasteiger partial charge in [0.05, 0.1) is 12.9 Å². The maximum absolute atomic E-state index is 11.2. The molecule has 100 valence electrons. The third kappa shape index (κ3) is 4.35. The number of hydrogen-bond acceptors (Lipinski definition) is 4. The largest absolute Gasteiger partial charge is 0.468 e. The minimum absolute atomic E-state index is 0.0430. The Bertz CT molecular complexity index is 395. The molecular formula is C14H21NO2S. The van der Waals surface area contributed by atoms with Crippen molar-refractivity contribution in [1.29, 1.82) is 0 Å². The molecule has 1 aromatic rings. The van der Waals surface area contributed by atoms with Crippen molar-refractivity contribution in [2.24, 2.45) is 5.73 Å². The van der Waals surface area contributed by atoms with Gasteiger partial charge in [-0.1, -0.05) is 36.8 Å². The van der Waals surface area contributed by atoms with Crippen molar-refractivity contribution in [1.82, 2.24) is 0 Å². The molecule has 18 heavy (non-hydrogen) atoms. The molecule has 0 bridgehead atoms. The molecule has 3 nitrogen and oxygen atoms in total. The predicted molar refractivity (Wildman–Crippen MR) is 76.7 cm³/mol. The van der Waals surface area contributed by atoms with Crippen LogP contribution in [-0.2, 0) is 9.53 Å². The van der Waals surface area contributed by atoms with E-state index < -0.39 is 0 Å². The average Bonchev–Trinajstić information content (AvgIpc) is 2.38. The Morgan fingerprint density at radius 2 is 2.22 bits per heavy atom. The van der Waals surface area contributed by atoms with Gasteiger partial charge in [0.1, 0.15) is 0 Å². The van der Waals surface area contributed by atoms with Gasteiger partial charge in [-0.05, 0) is 18.9 Å². The Balaban J connectivity index is 2.81. The molecule has 2 atom stereocenters. The zero-order chi connectivity index (χ0) is 13.5. The standard InChI is InChI=1S/C14H21NO2S/c1-4-12(15)14(18-9-13(16)17-3)11-7-5-6-10(2)8-11/h5-8,12,14H,4,9,15H2,1-3H3. The Labute approximate surface area is 113 Å². The van der Waals surface area contributed by atoms with Crippen molar-refractivity contribution in [3.63, 3.8) is 0 Å². The van der Waals surface area contributed by atoms with E-state index in [1.807, 2.05) is 6.07 Å². The van der Waals surface area contributed by atoms with Gasteiger partial charge < -0.3 is 10.5 Å². The smallest absolute Gasteiger partial charge is 0.315 e. The highest BCUT2D eigenvalue weighted by molar-refractivity contribution is 8.00. The van der Waals surface area contributed by atoms with E-state index in [0.717, 1.165) is 6.42 Å². The molecular weight excluding hydrogens is 246 g/mol. The summed E-state index contributed by atoms with van der Waals surface area (Å²) < 4.78 is 4.67. The molecule has 0 saturated carbocycles. The summed E-state index contributed by atoms with van der Waals surface area (Å²) in [5.74, 6) is 0.129. The van der Waals surface area contributed by atoms with E-state index in [4.69, 9.17) is 5.73 Å². The van der Waals surface area contributed by atoms with Gasteiger partial charge in [0.25, 0.3) is 0 Å². The first-order valence-electron chi connectivity index (χ1n) is 6.09. The Morgan fingerprint density at radius 3 is 2.78 bits per heavy atom. The molecule has 0 aromatic heterocycles. The highest BCUT2D eigenvalue weighted by atomic mass is 32.2. The van der Waals surface area contributed by atoms with Crippen LogP contribution < -0.4 is 5.73 Å². The molecule has 2 unspecified atom stereocenters. The number of benzene rings is 1. The van der Waals surface area contributed by atoms with Crippen molar-refractivity contribution in [3.8, 4) is 0 Å². The first-order chi connectivity index (χ1) is 8.58. The third-order valence-electron chi connectivity index (χ3n) is 2.84. The van der Waals surface area contributed by atoms with Crippen LogP contribution in [0.5, 0.6) is 0 Å². The van der Waals surface area contributed by atoms with Gasteiger partial charge in [-0.2, -0.15) is 0 Å². The fraction of sp³-hybridized carbons (Fsp3) is 0.500. The minimum atomic E-state index is -0.207. The number of hydrogen-bond donors (Lipinski definition) is 1. The van der Waals surface area contributed by atoms with Crippen molar-refractivity contribution in [3.05, 3.63) is 35.4 Å². The van der Waals surface area contributed by atoms with Crippen molar-refractivity contribution in [2.75, 3.05) is 12.9 Å². The maximum Gasteiger partial charge on any atom is 0.315 e. The SMILES string of the molecule is CCC(N)C(SCC(=O)OC)c1cccc(C)c1. The van der Waals surface area contributed by atoms with E-state index in [9.17, 15) is 4.79 Å². The predicted octanol–water partition coefficient (Wildman–Crippen LogP) is 2.68. The lowest BCUT2D eigenvalue weighted by molar-refractivity contribution is -0.137. The van der Waals surface area contributed by atoms with Crippen LogP contribution in [0.2, 0.25) is 0 Å². The van der Waals surface area contributed by atoms with Crippen LogP contribution in [0.4, 0.5) is 0 Å². The van der Waals surface area contributed by atoms with Gasteiger partial charge in [-0.15, -0.1) is 11.8 Å². The summed E-state index contributed by atoms with van der Waals surface area (Å²) in [4.78, 5) is 11.2. The fourth-order valence-electron chi connectivity index (χ4n) is 1.74. The van der Waals surface area contributed by atoms with Gasteiger partial charge in [0.15, 0.2) is 0 Å². The number of aryl methyl sites for hydroxylation is 1. The summed E-state index contributed by atoms with van der Waals surface area (Å²) >= 11 is 1.55. The number of nitrogens with two attached hydrogens (primary N) is 1. The minimum Gasteiger partial charge on any atom is -0.468 e. The summed E-state index contributed by atoms with van der Waals surface area (Å²) in [7, 11) is 1.41.